The van der Waals surface area contributed by atoms with Gasteiger partial charge < -0.3 is 9.47 Å². The zero-order chi connectivity index (χ0) is 21.6. The average Bonchev–Trinajstić information content (AvgIpc) is 3.10. The number of hydrogen-bond acceptors (Lipinski definition) is 5. The van der Waals surface area contributed by atoms with Gasteiger partial charge in [-0.3, -0.25) is 4.79 Å². The number of aromatic nitrogens is 5. The van der Waals surface area contributed by atoms with Crippen molar-refractivity contribution in [3.05, 3.63) is 58.7 Å². The van der Waals surface area contributed by atoms with Crippen LogP contribution in [0, 0.1) is 6.92 Å². The van der Waals surface area contributed by atoms with E-state index in [9.17, 15) is 18.0 Å². The Labute approximate surface area is 174 Å². The molecule has 7 nitrogen and oxygen atoms in total. The van der Waals surface area contributed by atoms with Gasteiger partial charge in [-0.2, -0.15) is 13.2 Å². The lowest BCUT2D eigenvalue weighted by molar-refractivity contribution is -0.141. The third-order valence-corrected chi connectivity index (χ3v) is 5.02. The van der Waals surface area contributed by atoms with Crippen molar-refractivity contribution in [1.29, 1.82) is 0 Å². The Morgan fingerprint density at radius 1 is 1.23 bits per heavy atom. The van der Waals surface area contributed by atoms with Crippen LogP contribution in [0.5, 0.6) is 0 Å². The molecular formula is C19H16ClF3N6O. The van der Waals surface area contributed by atoms with E-state index in [1.165, 1.54) is 17.0 Å². The number of hydrogen-bond donors (Lipinski definition) is 0. The minimum absolute atomic E-state index is 0.0511. The molecule has 11 heteroatoms. The normalized spacial score (nSPS) is 16.7. The molecule has 0 spiro atoms. The topological polar surface area (TPSA) is 76.8 Å². The molecule has 0 saturated carbocycles. The standard InChI is InChI=1S/C19H16ClF3N6O/c1-10-6-24-18(20)27-15(10)13-9-28-7-11(2)29(17(30)16(28)26-13)8-12-4-3-5-14(25-12)19(21,22)23/h3-6,9,11H,7-8H2,1-2H3. The van der Waals surface area contributed by atoms with Crippen molar-refractivity contribution < 1.29 is 18.0 Å². The third-order valence-electron chi connectivity index (χ3n) is 4.84. The van der Waals surface area contributed by atoms with Crippen LogP contribution in [0.2, 0.25) is 5.28 Å². The van der Waals surface area contributed by atoms with Crippen LogP contribution in [0.15, 0.2) is 30.6 Å². The Morgan fingerprint density at radius 2 is 2.00 bits per heavy atom. The average molecular weight is 437 g/mol. The molecule has 3 aromatic rings. The zero-order valence-corrected chi connectivity index (χ0v) is 16.7. The van der Waals surface area contributed by atoms with Gasteiger partial charge in [-0.15, -0.1) is 0 Å². The highest BCUT2D eigenvalue weighted by Gasteiger charge is 2.35. The Kier molecular flexibility index (Phi) is 4.97. The molecule has 0 radical (unpaired) electrons. The van der Waals surface area contributed by atoms with Crippen LogP contribution in [0.25, 0.3) is 11.4 Å². The first-order valence-corrected chi connectivity index (χ1v) is 9.42. The van der Waals surface area contributed by atoms with E-state index in [0.29, 0.717) is 17.9 Å². The maximum absolute atomic E-state index is 13.0. The van der Waals surface area contributed by atoms with E-state index in [-0.39, 0.29) is 29.4 Å². The SMILES string of the molecule is Cc1cnc(Cl)nc1-c1cn2c(n1)C(=O)N(Cc1cccc(C(F)(F)F)n1)C(C)C2. The maximum atomic E-state index is 13.0. The van der Waals surface area contributed by atoms with Crippen molar-refractivity contribution in [3.63, 3.8) is 0 Å². The van der Waals surface area contributed by atoms with E-state index < -0.39 is 17.8 Å². The van der Waals surface area contributed by atoms with E-state index >= 15 is 0 Å². The van der Waals surface area contributed by atoms with Crippen molar-refractivity contribution in [3.8, 4) is 11.4 Å². The Hall–Kier alpha value is -3.01. The molecule has 1 amide bonds. The van der Waals surface area contributed by atoms with Crippen molar-refractivity contribution in [2.24, 2.45) is 0 Å². The number of pyridine rings is 1. The maximum Gasteiger partial charge on any atom is 0.433 e. The van der Waals surface area contributed by atoms with E-state index in [0.717, 1.165) is 11.6 Å². The summed E-state index contributed by atoms with van der Waals surface area (Å²) >= 11 is 5.88. The molecule has 0 bridgehead atoms. The van der Waals surface area contributed by atoms with Gasteiger partial charge in [0.2, 0.25) is 5.28 Å². The van der Waals surface area contributed by atoms with Crippen LogP contribution in [-0.4, -0.2) is 41.4 Å². The molecule has 0 fully saturated rings. The number of nitrogens with zero attached hydrogens (tertiary/aromatic N) is 6. The lowest BCUT2D eigenvalue weighted by Crippen LogP contribution is -2.46. The fourth-order valence-corrected chi connectivity index (χ4v) is 3.49. The van der Waals surface area contributed by atoms with Crippen LogP contribution < -0.4 is 0 Å². The summed E-state index contributed by atoms with van der Waals surface area (Å²) in [4.78, 5) is 30.7. The molecule has 156 valence electrons. The highest BCUT2D eigenvalue weighted by molar-refractivity contribution is 6.28. The van der Waals surface area contributed by atoms with E-state index in [1.807, 2.05) is 6.92 Å². The number of aryl methyl sites for hydroxylation is 1. The number of imidazole rings is 1. The van der Waals surface area contributed by atoms with Crippen molar-refractivity contribution in [2.75, 3.05) is 0 Å². The molecule has 0 N–H and O–H groups in total. The highest BCUT2D eigenvalue weighted by Crippen LogP contribution is 2.29. The number of alkyl halides is 3. The monoisotopic (exact) mass is 436 g/mol. The summed E-state index contributed by atoms with van der Waals surface area (Å²) in [5.74, 6) is -0.207. The predicted octanol–water partition coefficient (Wildman–Crippen LogP) is 3.76. The molecule has 0 aliphatic carbocycles. The summed E-state index contributed by atoms with van der Waals surface area (Å²) in [7, 11) is 0. The van der Waals surface area contributed by atoms with Crippen molar-refractivity contribution in [2.45, 2.75) is 39.2 Å². The van der Waals surface area contributed by atoms with Gasteiger partial charge in [0.15, 0.2) is 5.82 Å². The molecule has 0 saturated heterocycles. The smallest absolute Gasteiger partial charge is 0.326 e. The second kappa shape index (κ2) is 7.35. The number of rotatable bonds is 3. The highest BCUT2D eigenvalue weighted by atomic mass is 35.5. The summed E-state index contributed by atoms with van der Waals surface area (Å²) in [6.07, 6.45) is -1.26. The van der Waals surface area contributed by atoms with Crippen LogP contribution in [-0.2, 0) is 19.3 Å². The molecule has 1 atom stereocenters. The second-order valence-electron chi connectivity index (χ2n) is 7.07. The number of carbonyl (C=O) groups excluding carboxylic acids is 1. The Bertz CT molecular complexity index is 1130. The van der Waals surface area contributed by atoms with E-state index in [4.69, 9.17) is 11.6 Å². The van der Waals surface area contributed by atoms with Gasteiger partial charge in [0, 0.05) is 25.0 Å². The summed E-state index contributed by atoms with van der Waals surface area (Å²) < 4.78 is 40.6. The molecule has 30 heavy (non-hydrogen) atoms. The largest absolute Gasteiger partial charge is 0.433 e. The fourth-order valence-electron chi connectivity index (χ4n) is 3.36. The molecule has 4 rings (SSSR count). The van der Waals surface area contributed by atoms with E-state index in [2.05, 4.69) is 19.9 Å². The predicted molar refractivity (Wildman–Crippen MR) is 102 cm³/mol. The number of fused-ring (bicyclic) bond motifs is 1. The molecule has 0 aromatic carbocycles. The summed E-state index contributed by atoms with van der Waals surface area (Å²) in [6.45, 7) is 4.01. The molecule has 4 heterocycles. The minimum atomic E-state index is -4.55. The van der Waals surface area contributed by atoms with Gasteiger partial charge in [-0.25, -0.2) is 19.9 Å². The van der Waals surface area contributed by atoms with E-state index in [1.54, 1.807) is 23.9 Å². The molecule has 3 aromatic heterocycles. The number of halogens is 4. The van der Waals surface area contributed by atoms with Gasteiger partial charge in [0.25, 0.3) is 5.91 Å². The van der Waals surface area contributed by atoms with Crippen molar-refractivity contribution >= 4 is 17.5 Å². The summed E-state index contributed by atoms with van der Waals surface area (Å²) in [5, 5.41) is 0.0681. The lowest BCUT2D eigenvalue weighted by Gasteiger charge is -2.33. The first-order chi connectivity index (χ1) is 14.1. The Balaban J connectivity index is 1.64. The zero-order valence-electron chi connectivity index (χ0n) is 16.0. The molecule has 1 unspecified atom stereocenters. The molecule has 1 aliphatic heterocycles. The van der Waals surface area contributed by atoms with Gasteiger partial charge >= 0.3 is 6.18 Å². The Morgan fingerprint density at radius 3 is 2.73 bits per heavy atom. The van der Waals surface area contributed by atoms with Crippen LogP contribution in [0.3, 0.4) is 0 Å². The second-order valence-corrected chi connectivity index (χ2v) is 7.40. The minimum Gasteiger partial charge on any atom is -0.326 e. The quantitative estimate of drug-likeness (QED) is 0.584. The molecule has 1 aliphatic rings. The van der Waals surface area contributed by atoms with Crippen LogP contribution in [0.1, 0.15) is 34.5 Å². The van der Waals surface area contributed by atoms with Gasteiger partial charge in [0.05, 0.1) is 17.9 Å². The van der Waals surface area contributed by atoms with Gasteiger partial charge in [-0.1, -0.05) is 6.07 Å². The third kappa shape index (κ3) is 3.74. The number of carbonyl (C=O) groups is 1. The first-order valence-electron chi connectivity index (χ1n) is 9.04. The molecular weight excluding hydrogens is 421 g/mol. The van der Waals surface area contributed by atoms with Crippen molar-refractivity contribution in [1.82, 2.24) is 29.4 Å². The van der Waals surface area contributed by atoms with Crippen LogP contribution >= 0.6 is 11.6 Å². The lowest BCUT2D eigenvalue weighted by atomic mass is 10.2. The number of amides is 1. The summed E-state index contributed by atoms with van der Waals surface area (Å²) in [6, 6.07) is 3.39. The first kappa shape index (κ1) is 20.3. The summed E-state index contributed by atoms with van der Waals surface area (Å²) in [5.41, 5.74) is 0.913. The van der Waals surface area contributed by atoms with Gasteiger partial charge in [-0.05, 0) is 43.1 Å². The van der Waals surface area contributed by atoms with Crippen LogP contribution in [0.4, 0.5) is 13.2 Å². The fraction of sp³-hybridized carbons (Fsp3) is 0.316. The van der Waals surface area contributed by atoms with Gasteiger partial charge in [0.1, 0.15) is 11.4 Å².